The van der Waals surface area contributed by atoms with Crippen LogP contribution in [0.1, 0.15) is 45.1 Å². The van der Waals surface area contributed by atoms with Gasteiger partial charge in [-0.05, 0) is 44.6 Å². The second-order valence-corrected chi connectivity index (χ2v) is 6.81. The quantitative estimate of drug-likeness (QED) is 0.812. The average Bonchev–Trinajstić information content (AvgIpc) is 2.46. The fourth-order valence-corrected chi connectivity index (χ4v) is 2.68. The molecule has 1 aromatic rings. The SMILES string of the molecule is CC(C)(C)OC(=O)N1CCCC(c2ccc(B(O)O)cc2)C1. The van der Waals surface area contributed by atoms with Gasteiger partial charge in [0.1, 0.15) is 5.60 Å². The highest BCUT2D eigenvalue weighted by Gasteiger charge is 2.28. The smallest absolute Gasteiger partial charge is 0.444 e. The molecule has 0 bridgehead atoms. The van der Waals surface area contributed by atoms with Crippen molar-refractivity contribution in [2.24, 2.45) is 0 Å². The summed E-state index contributed by atoms with van der Waals surface area (Å²) in [5.74, 6) is 0.256. The molecule has 1 aromatic carbocycles. The Morgan fingerprint density at radius 1 is 1.27 bits per heavy atom. The highest BCUT2D eigenvalue weighted by atomic mass is 16.6. The van der Waals surface area contributed by atoms with Gasteiger partial charge >= 0.3 is 13.2 Å². The van der Waals surface area contributed by atoms with Crippen molar-refractivity contribution < 1.29 is 19.6 Å². The van der Waals surface area contributed by atoms with Gasteiger partial charge in [0, 0.05) is 19.0 Å². The Morgan fingerprint density at radius 3 is 2.45 bits per heavy atom. The number of piperidine rings is 1. The number of carbonyl (C=O) groups is 1. The number of benzene rings is 1. The summed E-state index contributed by atoms with van der Waals surface area (Å²) in [5, 5.41) is 18.3. The Kier molecular flexibility index (Phi) is 5.14. The van der Waals surface area contributed by atoms with Gasteiger partial charge in [0.25, 0.3) is 0 Å². The van der Waals surface area contributed by atoms with Gasteiger partial charge in [0.2, 0.25) is 0 Å². The van der Waals surface area contributed by atoms with Crippen LogP contribution in [0.15, 0.2) is 24.3 Å². The van der Waals surface area contributed by atoms with E-state index < -0.39 is 12.7 Å². The number of carbonyl (C=O) groups excluding carboxylic acids is 1. The van der Waals surface area contributed by atoms with Crippen molar-refractivity contribution in [3.05, 3.63) is 29.8 Å². The van der Waals surface area contributed by atoms with Crippen LogP contribution in [0.25, 0.3) is 0 Å². The Hall–Kier alpha value is -1.53. The van der Waals surface area contributed by atoms with Gasteiger partial charge in [-0.2, -0.15) is 0 Å². The minimum atomic E-state index is -1.45. The molecule has 0 spiro atoms. The number of hydrogen-bond donors (Lipinski definition) is 2. The molecule has 1 amide bonds. The highest BCUT2D eigenvalue weighted by Crippen LogP contribution is 2.27. The zero-order chi connectivity index (χ0) is 16.3. The predicted molar refractivity (Wildman–Crippen MR) is 86.0 cm³/mol. The third-order valence-corrected chi connectivity index (χ3v) is 3.78. The fraction of sp³-hybridized carbons (Fsp3) is 0.562. The number of ether oxygens (including phenoxy) is 1. The van der Waals surface area contributed by atoms with Crippen molar-refractivity contribution in [3.8, 4) is 0 Å². The molecular weight excluding hydrogens is 281 g/mol. The third-order valence-electron chi connectivity index (χ3n) is 3.78. The molecule has 2 N–H and O–H groups in total. The fourth-order valence-electron chi connectivity index (χ4n) is 2.68. The maximum Gasteiger partial charge on any atom is 0.488 e. The monoisotopic (exact) mass is 305 g/mol. The van der Waals surface area contributed by atoms with Gasteiger partial charge in [-0.1, -0.05) is 24.3 Å². The Morgan fingerprint density at radius 2 is 1.91 bits per heavy atom. The van der Waals surface area contributed by atoms with E-state index in [9.17, 15) is 4.79 Å². The molecule has 0 aliphatic carbocycles. The van der Waals surface area contributed by atoms with Crippen LogP contribution in [0.5, 0.6) is 0 Å². The zero-order valence-corrected chi connectivity index (χ0v) is 13.5. The lowest BCUT2D eigenvalue weighted by atomic mass is 9.79. The lowest BCUT2D eigenvalue weighted by Crippen LogP contribution is -2.42. The molecule has 5 nitrogen and oxygen atoms in total. The Balaban J connectivity index is 2.02. The number of amides is 1. The first-order valence-corrected chi connectivity index (χ1v) is 7.70. The first kappa shape index (κ1) is 16.8. The van der Waals surface area contributed by atoms with E-state index in [4.69, 9.17) is 14.8 Å². The van der Waals surface area contributed by atoms with E-state index in [1.165, 1.54) is 0 Å². The topological polar surface area (TPSA) is 70.0 Å². The molecule has 2 rings (SSSR count). The number of rotatable bonds is 2. The minimum absolute atomic E-state index is 0.256. The van der Waals surface area contributed by atoms with Gasteiger partial charge in [-0.15, -0.1) is 0 Å². The van der Waals surface area contributed by atoms with Crippen molar-refractivity contribution in [3.63, 3.8) is 0 Å². The first-order chi connectivity index (χ1) is 10.3. The van der Waals surface area contributed by atoms with Gasteiger partial charge < -0.3 is 19.7 Å². The highest BCUT2D eigenvalue weighted by molar-refractivity contribution is 6.58. The first-order valence-electron chi connectivity index (χ1n) is 7.70. The lowest BCUT2D eigenvalue weighted by Gasteiger charge is -2.34. The second-order valence-electron chi connectivity index (χ2n) is 6.81. The Bertz CT molecular complexity index is 510. The summed E-state index contributed by atoms with van der Waals surface area (Å²) in [4.78, 5) is 13.9. The van der Waals surface area contributed by atoms with Gasteiger partial charge in [-0.3, -0.25) is 0 Å². The largest absolute Gasteiger partial charge is 0.488 e. The summed E-state index contributed by atoms with van der Waals surface area (Å²) >= 11 is 0. The normalized spacial score (nSPS) is 19.0. The molecule has 1 saturated heterocycles. The number of hydrogen-bond acceptors (Lipinski definition) is 4. The zero-order valence-electron chi connectivity index (χ0n) is 13.5. The van der Waals surface area contributed by atoms with E-state index in [1.807, 2.05) is 32.9 Å². The molecule has 0 aromatic heterocycles. The van der Waals surface area contributed by atoms with Crippen molar-refractivity contribution in [1.29, 1.82) is 0 Å². The summed E-state index contributed by atoms with van der Waals surface area (Å²) in [7, 11) is -1.45. The Labute approximate surface area is 132 Å². The van der Waals surface area contributed by atoms with Gasteiger partial charge in [0.05, 0.1) is 0 Å². The lowest BCUT2D eigenvalue weighted by molar-refractivity contribution is 0.0198. The van der Waals surface area contributed by atoms with E-state index >= 15 is 0 Å². The van der Waals surface area contributed by atoms with E-state index in [2.05, 4.69) is 0 Å². The molecule has 120 valence electrons. The maximum atomic E-state index is 12.2. The van der Waals surface area contributed by atoms with Crippen LogP contribution < -0.4 is 5.46 Å². The van der Waals surface area contributed by atoms with Crippen molar-refractivity contribution in [2.45, 2.75) is 45.1 Å². The molecule has 0 saturated carbocycles. The molecule has 0 radical (unpaired) electrons. The van der Waals surface area contributed by atoms with Gasteiger partial charge in [-0.25, -0.2) is 4.79 Å². The summed E-state index contributed by atoms with van der Waals surface area (Å²) < 4.78 is 5.43. The number of likely N-dealkylation sites (tertiary alicyclic amines) is 1. The molecule has 22 heavy (non-hydrogen) atoms. The molecule has 1 heterocycles. The molecule has 1 aliphatic rings. The summed E-state index contributed by atoms with van der Waals surface area (Å²) in [6.07, 6.45) is 1.69. The summed E-state index contributed by atoms with van der Waals surface area (Å²) in [6.45, 7) is 6.95. The second kappa shape index (κ2) is 6.71. The minimum Gasteiger partial charge on any atom is -0.444 e. The standard InChI is InChI=1S/C16H24BNO4/c1-16(2,3)22-15(19)18-10-4-5-13(11-18)12-6-8-14(9-7-12)17(20)21/h6-9,13,20-21H,4-5,10-11H2,1-3H3. The van der Waals surface area contributed by atoms with E-state index in [1.54, 1.807) is 17.0 Å². The summed E-state index contributed by atoms with van der Waals surface area (Å²) in [5.41, 5.74) is 1.10. The summed E-state index contributed by atoms with van der Waals surface area (Å²) in [6, 6.07) is 7.23. The van der Waals surface area contributed by atoms with E-state index in [-0.39, 0.29) is 12.0 Å². The molecule has 6 heteroatoms. The van der Waals surface area contributed by atoms with Crippen LogP contribution in [-0.4, -0.2) is 46.9 Å². The van der Waals surface area contributed by atoms with E-state index in [0.717, 1.165) is 24.9 Å². The average molecular weight is 305 g/mol. The van der Waals surface area contributed by atoms with Crippen molar-refractivity contribution in [1.82, 2.24) is 4.90 Å². The number of nitrogens with zero attached hydrogens (tertiary/aromatic N) is 1. The van der Waals surface area contributed by atoms with Crippen molar-refractivity contribution in [2.75, 3.05) is 13.1 Å². The molecule has 1 aliphatic heterocycles. The predicted octanol–water partition coefficient (Wildman–Crippen LogP) is 1.48. The maximum absolute atomic E-state index is 12.2. The van der Waals surface area contributed by atoms with Crippen LogP contribution in [0.4, 0.5) is 4.79 Å². The molecular formula is C16H24BNO4. The van der Waals surface area contributed by atoms with Crippen LogP contribution in [-0.2, 0) is 4.74 Å². The van der Waals surface area contributed by atoms with E-state index in [0.29, 0.717) is 12.0 Å². The van der Waals surface area contributed by atoms with Crippen LogP contribution in [0.2, 0.25) is 0 Å². The molecule has 1 atom stereocenters. The van der Waals surface area contributed by atoms with Crippen LogP contribution in [0, 0.1) is 0 Å². The third kappa shape index (κ3) is 4.48. The molecule has 1 unspecified atom stereocenters. The van der Waals surface area contributed by atoms with Gasteiger partial charge in [0.15, 0.2) is 0 Å². The van der Waals surface area contributed by atoms with Crippen LogP contribution >= 0.6 is 0 Å². The van der Waals surface area contributed by atoms with Crippen LogP contribution in [0.3, 0.4) is 0 Å². The molecule has 1 fully saturated rings. The van der Waals surface area contributed by atoms with Crippen molar-refractivity contribution >= 4 is 18.7 Å².